The zero-order valence-corrected chi connectivity index (χ0v) is 5.86. The van der Waals surface area contributed by atoms with Crippen LogP contribution in [0.4, 0.5) is 0 Å². The third-order valence-electron chi connectivity index (χ3n) is 0.169. The van der Waals surface area contributed by atoms with Crippen LogP contribution in [-0.2, 0) is 0 Å². The summed E-state index contributed by atoms with van der Waals surface area (Å²) in [5, 5.41) is 6.45. The van der Waals surface area contributed by atoms with E-state index in [-0.39, 0.29) is 0 Å². The number of thioether (sulfide) groups is 1. The van der Waals surface area contributed by atoms with E-state index >= 15 is 0 Å². The Morgan fingerprint density at radius 1 is 1.83 bits per heavy atom. The minimum Gasteiger partial charge on any atom is -0.302 e. The summed E-state index contributed by atoms with van der Waals surface area (Å²) in [7, 11) is 0. The number of halogens is 1. The maximum Gasteiger partial charge on any atom is 0.0837 e. The average Bonchev–Trinajstić information content (AvgIpc) is 1.61. The van der Waals surface area contributed by atoms with Crippen molar-refractivity contribution in [3.8, 4) is 0 Å². The third kappa shape index (κ3) is 4.42. The smallest absolute Gasteiger partial charge is 0.0837 e. The highest BCUT2D eigenvalue weighted by atomic mass is 127. The SMILES string of the molecule is N=CSC=NI. The topological polar surface area (TPSA) is 36.2 Å². The van der Waals surface area contributed by atoms with Gasteiger partial charge in [-0.3, -0.25) is 0 Å². The fourth-order valence-corrected chi connectivity index (χ4v) is 0.554. The van der Waals surface area contributed by atoms with Gasteiger partial charge in [-0.2, -0.15) is 0 Å². The van der Waals surface area contributed by atoms with Gasteiger partial charge in [0.05, 0.1) is 34.0 Å². The van der Waals surface area contributed by atoms with Crippen LogP contribution in [0.5, 0.6) is 0 Å². The molecule has 0 aromatic rings. The Bertz CT molecular complexity index is 62.6. The maximum absolute atomic E-state index is 6.45. The molecule has 0 rings (SSSR count). The quantitative estimate of drug-likeness (QED) is 0.424. The summed E-state index contributed by atoms with van der Waals surface area (Å²) in [5.74, 6) is 0. The molecule has 0 spiro atoms. The van der Waals surface area contributed by atoms with Crippen molar-refractivity contribution in [2.45, 2.75) is 0 Å². The second-order valence-corrected chi connectivity index (χ2v) is 1.73. The Balaban J connectivity index is 2.85. The van der Waals surface area contributed by atoms with Crippen molar-refractivity contribution in [1.82, 2.24) is 0 Å². The summed E-state index contributed by atoms with van der Waals surface area (Å²) in [6.07, 6.45) is 0. The molecule has 2 nitrogen and oxygen atoms in total. The molecular formula is C2H3IN2S. The lowest BCUT2D eigenvalue weighted by molar-refractivity contribution is 1.60. The van der Waals surface area contributed by atoms with E-state index in [1.54, 1.807) is 5.55 Å². The number of nitrogens with zero attached hydrogens (tertiary/aromatic N) is 1. The minimum absolute atomic E-state index is 1.22. The molecule has 0 fully saturated rings. The summed E-state index contributed by atoms with van der Waals surface area (Å²) in [5.41, 5.74) is 2.82. The fraction of sp³-hybridized carbons (Fsp3) is 0. The van der Waals surface area contributed by atoms with Crippen LogP contribution in [0.1, 0.15) is 0 Å². The molecule has 6 heavy (non-hydrogen) atoms. The van der Waals surface area contributed by atoms with Gasteiger partial charge in [0.1, 0.15) is 0 Å². The van der Waals surface area contributed by atoms with Crippen LogP contribution in [0.2, 0.25) is 0 Å². The van der Waals surface area contributed by atoms with E-state index in [9.17, 15) is 0 Å². The Hall–Kier alpha value is 0.420. The van der Waals surface area contributed by atoms with Gasteiger partial charge in [0.15, 0.2) is 0 Å². The van der Waals surface area contributed by atoms with Crippen LogP contribution >= 0.6 is 34.6 Å². The molecule has 0 aromatic heterocycles. The second kappa shape index (κ2) is 5.42. The first-order valence-electron chi connectivity index (χ1n) is 1.19. The molecule has 0 atom stereocenters. The van der Waals surface area contributed by atoms with Crippen molar-refractivity contribution >= 4 is 45.7 Å². The number of hydrogen-bond donors (Lipinski definition) is 1. The second-order valence-electron chi connectivity index (χ2n) is 0.457. The van der Waals surface area contributed by atoms with Gasteiger partial charge in [0.2, 0.25) is 0 Å². The molecule has 0 bridgehead atoms. The van der Waals surface area contributed by atoms with E-state index < -0.39 is 0 Å². The van der Waals surface area contributed by atoms with Gasteiger partial charge in [0, 0.05) is 0 Å². The summed E-state index contributed by atoms with van der Waals surface area (Å²) >= 11 is 3.11. The monoisotopic (exact) mass is 214 g/mol. The molecule has 0 aliphatic carbocycles. The van der Waals surface area contributed by atoms with Crippen LogP contribution in [0.3, 0.4) is 0 Å². The Morgan fingerprint density at radius 3 is 2.67 bits per heavy atom. The van der Waals surface area contributed by atoms with E-state index in [0.717, 1.165) is 0 Å². The van der Waals surface area contributed by atoms with Crippen LogP contribution in [0.25, 0.3) is 0 Å². The van der Waals surface area contributed by atoms with Crippen LogP contribution in [0.15, 0.2) is 3.21 Å². The van der Waals surface area contributed by atoms with E-state index in [1.807, 2.05) is 22.9 Å². The Kier molecular flexibility index (Phi) is 5.80. The van der Waals surface area contributed by atoms with E-state index in [2.05, 4.69) is 3.21 Å². The Morgan fingerprint density at radius 2 is 2.50 bits per heavy atom. The van der Waals surface area contributed by atoms with Crippen LogP contribution in [0, 0.1) is 5.41 Å². The molecule has 0 radical (unpaired) electrons. The van der Waals surface area contributed by atoms with Gasteiger partial charge in [0.25, 0.3) is 0 Å². The first kappa shape index (κ1) is 6.42. The Labute approximate surface area is 54.4 Å². The molecule has 0 unspecified atom stereocenters. The zero-order valence-electron chi connectivity index (χ0n) is 2.89. The summed E-state index contributed by atoms with van der Waals surface area (Å²) < 4.78 is 3.58. The van der Waals surface area contributed by atoms with Crippen molar-refractivity contribution in [1.29, 1.82) is 5.41 Å². The third-order valence-corrected chi connectivity index (χ3v) is 1.19. The molecule has 0 aliphatic heterocycles. The lowest BCUT2D eigenvalue weighted by Gasteiger charge is -1.66. The zero-order chi connectivity index (χ0) is 4.83. The van der Waals surface area contributed by atoms with Crippen LogP contribution < -0.4 is 0 Å². The lowest BCUT2D eigenvalue weighted by Crippen LogP contribution is -1.54. The summed E-state index contributed by atoms with van der Waals surface area (Å²) in [6, 6.07) is 0. The fourth-order valence-electron chi connectivity index (χ4n) is 0.0534. The van der Waals surface area contributed by atoms with E-state index in [0.29, 0.717) is 0 Å². The van der Waals surface area contributed by atoms with E-state index in [4.69, 9.17) is 5.41 Å². The molecular weight excluding hydrogens is 211 g/mol. The highest BCUT2D eigenvalue weighted by Gasteiger charge is 1.61. The molecule has 4 heteroatoms. The molecule has 0 saturated heterocycles. The standard InChI is InChI=1S/C2H3IN2S/c3-5-2-6-1-4/h1-2,4H. The average molecular weight is 214 g/mol. The number of nitrogens with one attached hydrogen (secondary N) is 1. The van der Waals surface area contributed by atoms with Crippen molar-refractivity contribution < 1.29 is 0 Å². The predicted octanol–water partition coefficient (Wildman–Crippen LogP) is 1.70. The van der Waals surface area contributed by atoms with Gasteiger partial charge in [-0.05, 0) is 0 Å². The minimum atomic E-state index is 1.22. The lowest BCUT2D eigenvalue weighted by atomic mass is 11.7. The maximum atomic E-state index is 6.45. The number of hydrogen-bond acceptors (Lipinski definition) is 3. The molecule has 0 aliphatic rings. The highest BCUT2D eigenvalue weighted by molar-refractivity contribution is 14.1. The molecule has 0 saturated carbocycles. The van der Waals surface area contributed by atoms with Gasteiger partial charge in [-0.1, -0.05) is 11.8 Å². The van der Waals surface area contributed by atoms with Gasteiger partial charge in [-0.25, -0.2) is 3.21 Å². The predicted molar refractivity (Wildman–Crippen MR) is 38.9 cm³/mol. The van der Waals surface area contributed by atoms with Crippen molar-refractivity contribution in [3.63, 3.8) is 0 Å². The van der Waals surface area contributed by atoms with Crippen LogP contribution in [-0.4, -0.2) is 11.1 Å². The summed E-state index contributed by atoms with van der Waals surface area (Å²) in [6.45, 7) is 0. The summed E-state index contributed by atoms with van der Waals surface area (Å²) in [4.78, 5) is 0. The van der Waals surface area contributed by atoms with Crippen molar-refractivity contribution in [2.75, 3.05) is 0 Å². The normalized spacial score (nSPS) is 9.50. The van der Waals surface area contributed by atoms with Crippen molar-refractivity contribution in [3.05, 3.63) is 0 Å². The highest BCUT2D eigenvalue weighted by Crippen LogP contribution is 1.88. The molecule has 0 heterocycles. The largest absolute Gasteiger partial charge is 0.302 e. The van der Waals surface area contributed by atoms with E-state index in [1.165, 1.54) is 17.3 Å². The van der Waals surface area contributed by atoms with Gasteiger partial charge < -0.3 is 5.41 Å². The van der Waals surface area contributed by atoms with Gasteiger partial charge >= 0.3 is 0 Å². The first-order valence-corrected chi connectivity index (χ1v) is 3.09. The first-order chi connectivity index (χ1) is 2.91. The molecule has 0 amide bonds. The molecule has 1 N–H and O–H groups in total. The van der Waals surface area contributed by atoms with Crippen molar-refractivity contribution in [2.24, 2.45) is 3.21 Å². The molecule has 0 aromatic carbocycles. The van der Waals surface area contributed by atoms with Gasteiger partial charge in [-0.15, -0.1) is 0 Å². The number of rotatable bonds is 2. The molecule has 34 valence electrons.